The van der Waals surface area contributed by atoms with E-state index in [9.17, 15) is 22.4 Å². The van der Waals surface area contributed by atoms with Crippen LogP contribution in [0, 0.1) is 11.6 Å². The Hall–Kier alpha value is -4.20. The first kappa shape index (κ1) is 36.1. The maximum atomic E-state index is 15.7. The Labute approximate surface area is 289 Å². The molecule has 0 radical (unpaired) electrons. The van der Waals surface area contributed by atoms with Gasteiger partial charge in [-0.05, 0) is 79.4 Å². The second kappa shape index (κ2) is 15.6. The number of methoxy groups -OCH3 is 1. The summed E-state index contributed by atoms with van der Waals surface area (Å²) in [6.07, 6.45) is -0.992. The van der Waals surface area contributed by atoms with Crippen molar-refractivity contribution in [2.24, 2.45) is 5.73 Å². The molecule has 9 nitrogen and oxygen atoms in total. The van der Waals surface area contributed by atoms with Gasteiger partial charge in [0.2, 0.25) is 10.0 Å². The number of ether oxygens (including phenoxy) is 1. The molecular weight excluding hydrogens is 674 g/mol. The van der Waals surface area contributed by atoms with Gasteiger partial charge in [0.1, 0.15) is 11.6 Å². The molecule has 13 heteroatoms. The van der Waals surface area contributed by atoms with Gasteiger partial charge in [-0.25, -0.2) is 26.9 Å². The van der Waals surface area contributed by atoms with Crippen LogP contribution >= 0.6 is 11.6 Å². The highest BCUT2D eigenvalue weighted by Gasteiger charge is 2.39. The van der Waals surface area contributed by atoms with Crippen LogP contribution in [0.15, 0.2) is 102 Å². The van der Waals surface area contributed by atoms with Crippen LogP contribution in [-0.2, 0) is 26.0 Å². The average Bonchev–Trinajstić information content (AvgIpc) is 3.09. The summed E-state index contributed by atoms with van der Waals surface area (Å²) in [4.78, 5) is 28.5. The summed E-state index contributed by atoms with van der Waals surface area (Å²) < 4.78 is 64.1. The summed E-state index contributed by atoms with van der Waals surface area (Å²) in [5.74, 6) is -3.12. The van der Waals surface area contributed by atoms with Crippen molar-refractivity contribution >= 4 is 39.3 Å². The van der Waals surface area contributed by atoms with Crippen LogP contribution in [0.1, 0.15) is 36.0 Å². The lowest BCUT2D eigenvalue weighted by atomic mass is 9.84. The lowest BCUT2D eigenvalue weighted by Gasteiger charge is -2.40. The largest absolute Gasteiger partial charge is 0.452 e. The quantitative estimate of drug-likeness (QED) is 0.212. The van der Waals surface area contributed by atoms with Gasteiger partial charge in [-0.2, -0.15) is 4.31 Å². The first-order valence-electron chi connectivity index (χ1n) is 15.7. The Morgan fingerprint density at radius 2 is 1.67 bits per heavy atom. The molecule has 0 aromatic heterocycles. The van der Waals surface area contributed by atoms with Crippen molar-refractivity contribution in [1.82, 2.24) is 9.62 Å². The third-order valence-corrected chi connectivity index (χ3v) is 11.0. The molecule has 1 aliphatic rings. The van der Waals surface area contributed by atoms with Gasteiger partial charge in [0.25, 0.3) is 5.91 Å². The van der Waals surface area contributed by atoms with Crippen molar-refractivity contribution < 1.29 is 31.5 Å². The van der Waals surface area contributed by atoms with Crippen molar-refractivity contribution in [1.29, 1.82) is 0 Å². The molecule has 0 bridgehead atoms. The fraction of sp³-hybridized carbons (Fsp3) is 0.278. The number of sulfonamides is 1. The first-order valence-corrected chi connectivity index (χ1v) is 17.5. The first-order chi connectivity index (χ1) is 23.4. The molecule has 3 N–H and O–H groups in total. The van der Waals surface area contributed by atoms with Crippen LogP contribution in [0.5, 0.6) is 0 Å². The summed E-state index contributed by atoms with van der Waals surface area (Å²) in [5, 5.41) is 3.68. The normalized spacial score (nSPS) is 18.0. The molecule has 1 aliphatic heterocycles. The van der Waals surface area contributed by atoms with E-state index in [0.717, 1.165) is 7.11 Å². The standard InChI is InChI=1S/C36H37ClF2N4O5S/c1-23-21-41-22-28(43(23)49(46,47)29-10-4-3-5-11-29)18-19-30-31(39)12-7-13-32(30)42(36(45)48-2)35(44)34(40)33(24-14-16-26(37)17-15-24)25-8-6-9-27(38)20-25/h3-17,20,23,28,33-34,41H,18-19,21-22,40H2,1-2H3/t23-,28+,33+,34+/m1/s1. The zero-order valence-electron chi connectivity index (χ0n) is 26.9. The number of halogens is 3. The second-order valence-electron chi connectivity index (χ2n) is 11.8. The molecule has 49 heavy (non-hydrogen) atoms. The predicted molar refractivity (Wildman–Crippen MR) is 184 cm³/mol. The third kappa shape index (κ3) is 7.84. The Kier molecular flexibility index (Phi) is 11.5. The summed E-state index contributed by atoms with van der Waals surface area (Å²) in [6, 6.07) is 21.7. The molecule has 1 heterocycles. The van der Waals surface area contributed by atoms with Crippen molar-refractivity contribution in [2.75, 3.05) is 25.1 Å². The smallest absolute Gasteiger partial charge is 0.420 e. The van der Waals surface area contributed by atoms with E-state index in [1.807, 2.05) is 0 Å². The van der Waals surface area contributed by atoms with E-state index in [0.29, 0.717) is 34.1 Å². The van der Waals surface area contributed by atoms with Gasteiger partial charge in [0, 0.05) is 41.7 Å². The number of nitrogens with one attached hydrogen (secondary N) is 1. The highest BCUT2D eigenvalue weighted by Crippen LogP contribution is 2.34. The molecule has 0 saturated carbocycles. The number of carbonyl (C=O) groups excluding carboxylic acids is 2. The molecule has 5 rings (SSSR count). The summed E-state index contributed by atoms with van der Waals surface area (Å²) in [7, 11) is -2.82. The van der Waals surface area contributed by atoms with Gasteiger partial charge in [-0.3, -0.25) is 4.79 Å². The van der Waals surface area contributed by atoms with Crippen LogP contribution in [-0.4, -0.2) is 63.0 Å². The van der Waals surface area contributed by atoms with E-state index < -0.39 is 57.7 Å². The summed E-state index contributed by atoms with van der Waals surface area (Å²) in [6.45, 7) is 2.53. The average molecular weight is 711 g/mol. The fourth-order valence-electron chi connectivity index (χ4n) is 6.36. The Bertz CT molecular complexity index is 1900. The maximum absolute atomic E-state index is 15.7. The molecule has 4 aromatic rings. The van der Waals surface area contributed by atoms with Gasteiger partial charge in [0.05, 0.1) is 23.7 Å². The zero-order valence-corrected chi connectivity index (χ0v) is 28.5. The fourth-order valence-corrected chi connectivity index (χ4v) is 8.35. The molecule has 258 valence electrons. The molecule has 1 fully saturated rings. The minimum atomic E-state index is -3.90. The van der Waals surface area contributed by atoms with Crippen molar-refractivity contribution in [3.05, 3.63) is 130 Å². The SMILES string of the molecule is COC(=O)N(C(=O)[C@@H](N)[C@@H](c1ccc(Cl)cc1)c1cccc(F)c1)c1cccc(F)c1CC[C@H]1CNC[C@@H](C)N1S(=O)(=O)c1ccccc1. The number of hydrogen-bond acceptors (Lipinski definition) is 7. The minimum Gasteiger partial charge on any atom is -0.452 e. The number of amides is 2. The number of nitrogens with two attached hydrogens (primary N) is 1. The molecular formula is C36H37ClF2N4O5S. The van der Waals surface area contributed by atoms with Crippen LogP contribution in [0.2, 0.25) is 5.02 Å². The van der Waals surface area contributed by atoms with Gasteiger partial charge in [-0.15, -0.1) is 0 Å². The van der Waals surface area contributed by atoms with E-state index in [1.54, 1.807) is 55.5 Å². The molecule has 4 aromatic carbocycles. The predicted octanol–water partition coefficient (Wildman–Crippen LogP) is 5.86. The number of carbonyl (C=O) groups is 2. The molecule has 2 amide bonds. The monoisotopic (exact) mass is 710 g/mol. The Morgan fingerprint density at radius 3 is 2.35 bits per heavy atom. The van der Waals surface area contributed by atoms with Crippen LogP contribution in [0.3, 0.4) is 0 Å². The number of imide groups is 1. The van der Waals surface area contributed by atoms with E-state index in [1.165, 1.54) is 52.8 Å². The van der Waals surface area contributed by atoms with Gasteiger partial charge in [0.15, 0.2) is 0 Å². The summed E-state index contributed by atoms with van der Waals surface area (Å²) >= 11 is 6.11. The van der Waals surface area contributed by atoms with Crippen LogP contribution in [0.4, 0.5) is 19.3 Å². The molecule has 4 atom stereocenters. The Balaban J connectivity index is 1.50. The molecule has 0 aliphatic carbocycles. The highest BCUT2D eigenvalue weighted by molar-refractivity contribution is 7.89. The maximum Gasteiger partial charge on any atom is 0.420 e. The zero-order chi connectivity index (χ0) is 35.3. The number of benzene rings is 4. The summed E-state index contributed by atoms with van der Waals surface area (Å²) in [5.41, 5.74) is 7.42. The second-order valence-corrected chi connectivity index (χ2v) is 14.1. The van der Waals surface area contributed by atoms with Crippen LogP contribution < -0.4 is 16.0 Å². The van der Waals surface area contributed by atoms with E-state index in [4.69, 9.17) is 22.1 Å². The van der Waals surface area contributed by atoms with Gasteiger partial charge < -0.3 is 15.8 Å². The van der Waals surface area contributed by atoms with Gasteiger partial charge >= 0.3 is 6.09 Å². The number of hydrogen-bond donors (Lipinski definition) is 2. The lowest BCUT2D eigenvalue weighted by Crippen LogP contribution is -2.58. The minimum absolute atomic E-state index is 0.00228. The van der Waals surface area contributed by atoms with Crippen molar-refractivity contribution in [3.8, 4) is 0 Å². The number of rotatable bonds is 10. The van der Waals surface area contributed by atoms with Gasteiger partial charge in [-0.1, -0.05) is 60.1 Å². The molecule has 0 unspecified atom stereocenters. The third-order valence-electron chi connectivity index (χ3n) is 8.65. The molecule has 0 spiro atoms. The lowest BCUT2D eigenvalue weighted by molar-refractivity contribution is -0.119. The van der Waals surface area contributed by atoms with Crippen LogP contribution in [0.25, 0.3) is 0 Å². The number of anilines is 1. The number of nitrogens with zero attached hydrogens (tertiary/aromatic N) is 2. The van der Waals surface area contributed by atoms with E-state index in [-0.39, 0.29) is 29.0 Å². The van der Waals surface area contributed by atoms with Crippen molar-refractivity contribution in [3.63, 3.8) is 0 Å². The Morgan fingerprint density at radius 1 is 0.980 bits per heavy atom. The van der Waals surface area contributed by atoms with Crippen molar-refractivity contribution in [2.45, 2.75) is 48.7 Å². The molecule has 1 saturated heterocycles. The highest BCUT2D eigenvalue weighted by atomic mass is 35.5. The number of piperazine rings is 1. The van der Waals surface area contributed by atoms with E-state index >= 15 is 4.39 Å². The van der Waals surface area contributed by atoms with E-state index in [2.05, 4.69) is 5.32 Å². The topological polar surface area (TPSA) is 122 Å².